The Bertz CT molecular complexity index is 1900. The van der Waals surface area contributed by atoms with Crippen molar-refractivity contribution in [1.82, 2.24) is 39.7 Å². The van der Waals surface area contributed by atoms with Crippen molar-refractivity contribution in [3.63, 3.8) is 0 Å². The average Bonchev–Trinajstić information content (AvgIpc) is 3.63. The van der Waals surface area contributed by atoms with Gasteiger partial charge < -0.3 is 4.57 Å². The topological polar surface area (TPSA) is 127 Å². The summed E-state index contributed by atoms with van der Waals surface area (Å²) in [5, 5.41) is 14.5. The van der Waals surface area contributed by atoms with Crippen LogP contribution in [-0.2, 0) is 6.54 Å². The molecule has 0 spiro atoms. The molecule has 0 saturated heterocycles. The smallest absolute Gasteiger partial charge is 0.317 e. The number of fused-ring (bicyclic) bond motifs is 1. The zero-order valence-corrected chi connectivity index (χ0v) is 22.4. The summed E-state index contributed by atoms with van der Waals surface area (Å²) in [6.45, 7) is 6.44. The third kappa shape index (κ3) is 4.43. The van der Waals surface area contributed by atoms with Crippen molar-refractivity contribution in [2.45, 2.75) is 39.3 Å². The summed E-state index contributed by atoms with van der Waals surface area (Å²) in [5.74, 6) is 1.30. The fourth-order valence-electron chi connectivity index (χ4n) is 5.18. The Kier molecular flexibility index (Phi) is 6.43. The number of nitrogens with one attached hydrogen (secondary N) is 2. The maximum atomic E-state index is 13.2. The van der Waals surface area contributed by atoms with Gasteiger partial charge in [-0.15, -0.1) is 10.2 Å². The number of hydrogen-bond donors (Lipinski definition) is 2. The van der Waals surface area contributed by atoms with Crippen molar-refractivity contribution in [2.24, 2.45) is 0 Å². The van der Waals surface area contributed by atoms with Gasteiger partial charge in [-0.2, -0.15) is 5.21 Å². The van der Waals surface area contributed by atoms with Crippen LogP contribution in [0.3, 0.4) is 0 Å². The van der Waals surface area contributed by atoms with Crippen molar-refractivity contribution in [3.05, 3.63) is 117 Å². The lowest BCUT2D eigenvalue weighted by molar-refractivity contribution is 0.614. The van der Waals surface area contributed by atoms with Crippen LogP contribution in [0, 0.1) is 0 Å². The molecule has 6 aromatic rings. The van der Waals surface area contributed by atoms with E-state index >= 15 is 0 Å². The number of hydrogen-bond acceptors (Lipinski definition) is 6. The Labute approximate surface area is 229 Å². The van der Waals surface area contributed by atoms with E-state index < -0.39 is 11.2 Å². The molecule has 0 radical (unpaired) electrons. The van der Waals surface area contributed by atoms with Crippen LogP contribution in [0.25, 0.3) is 33.7 Å². The number of aromatic amines is 2. The molecule has 0 aliphatic carbocycles. The van der Waals surface area contributed by atoms with Crippen molar-refractivity contribution in [2.75, 3.05) is 0 Å². The first kappa shape index (κ1) is 25.2. The third-order valence-electron chi connectivity index (χ3n) is 7.17. The number of tetrazole rings is 1. The highest BCUT2D eigenvalue weighted by Crippen LogP contribution is 2.30. The minimum atomic E-state index is -0.474. The molecule has 0 saturated carbocycles. The molecule has 3 heterocycles. The maximum Gasteiger partial charge on any atom is 0.330 e. The van der Waals surface area contributed by atoms with Gasteiger partial charge in [0.25, 0.3) is 5.56 Å². The van der Waals surface area contributed by atoms with E-state index in [4.69, 9.17) is 4.98 Å². The first-order valence-corrected chi connectivity index (χ1v) is 13.1. The van der Waals surface area contributed by atoms with Crippen molar-refractivity contribution in [3.8, 4) is 22.5 Å². The van der Waals surface area contributed by atoms with Gasteiger partial charge in [-0.05, 0) is 34.4 Å². The highest BCUT2D eigenvalue weighted by atomic mass is 16.2. The standard InChI is InChI=1S/C30H28N8O2/c1-18(2)27-31-28-25(29(39)32-30(40)38(28)19(3)21-9-5-4-6-10-21)37(27)17-20-13-15-22(16-14-20)23-11-7-8-12-24(23)26-33-35-36-34-26/h4-16,18-19H,17H2,1-3H3,(H,32,39,40)(H,33,34,35,36). The Balaban J connectivity index is 1.42. The van der Waals surface area contributed by atoms with Crippen LogP contribution in [0.15, 0.2) is 88.5 Å². The molecule has 0 aliphatic heterocycles. The minimum Gasteiger partial charge on any atom is -0.317 e. The predicted molar refractivity (Wildman–Crippen MR) is 153 cm³/mol. The SMILES string of the molecule is CC(C)c1nc2c(c(=O)[nH]c(=O)n2C(C)c2ccccc2)n1Cc1ccc(-c2ccccc2-c2nn[nH]n2)cc1. The van der Waals surface area contributed by atoms with E-state index in [9.17, 15) is 9.59 Å². The summed E-state index contributed by atoms with van der Waals surface area (Å²) in [7, 11) is 0. The van der Waals surface area contributed by atoms with Gasteiger partial charge >= 0.3 is 5.69 Å². The number of rotatable bonds is 7. The van der Waals surface area contributed by atoms with Gasteiger partial charge in [0, 0.05) is 18.0 Å². The molecule has 0 bridgehead atoms. The first-order valence-electron chi connectivity index (χ1n) is 13.1. The zero-order chi connectivity index (χ0) is 27.8. The summed E-state index contributed by atoms with van der Waals surface area (Å²) >= 11 is 0. The lowest BCUT2D eigenvalue weighted by Crippen LogP contribution is -2.33. The Hall–Kier alpha value is -5.12. The molecule has 3 aromatic carbocycles. The van der Waals surface area contributed by atoms with E-state index in [0.29, 0.717) is 23.5 Å². The highest BCUT2D eigenvalue weighted by Gasteiger charge is 2.23. The molecule has 1 atom stereocenters. The lowest BCUT2D eigenvalue weighted by atomic mass is 9.98. The average molecular weight is 533 g/mol. The summed E-state index contributed by atoms with van der Waals surface area (Å²) in [6.07, 6.45) is 0. The molecule has 3 aromatic heterocycles. The molecule has 6 rings (SSSR count). The second-order valence-corrected chi connectivity index (χ2v) is 10.1. The largest absolute Gasteiger partial charge is 0.330 e. The summed E-state index contributed by atoms with van der Waals surface area (Å²) in [6, 6.07) is 25.5. The van der Waals surface area contributed by atoms with Crippen LogP contribution in [-0.4, -0.2) is 39.7 Å². The molecule has 0 amide bonds. The lowest BCUT2D eigenvalue weighted by Gasteiger charge is -2.16. The van der Waals surface area contributed by atoms with Gasteiger partial charge in [0.05, 0.1) is 6.04 Å². The second kappa shape index (κ2) is 10.2. The number of H-pyrrole nitrogens is 2. The van der Waals surface area contributed by atoms with E-state index in [-0.39, 0.29) is 12.0 Å². The molecule has 0 fully saturated rings. The molecule has 200 valence electrons. The highest BCUT2D eigenvalue weighted by molar-refractivity contribution is 5.80. The van der Waals surface area contributed by atoms with Gasteiger partial charge in [-0.1, -0.05) is 92.7 Å². The number of nitrogens with zero attached hydrogens (tertiary/aromatic N) is 6. The van der Waals surface area contributed by atoms with Crippen LogP contribution in [0.4, 0.5) is 0 Å². The molecular weight excluding hydrogens is 504 g/mol. The van der Waals surface area contributed by atoms with E-state index in [2.05, 4.69) is 25.6 Å². The van der Waals surface area contributed by atoms with Gasteiger partial charge in [0.15, 0.2) is 11.2 Å². The van der Waals surface area contributed by atoms with E-state index in [0.717, 1.165) is 33.6 Å². The van der Waals surface area contributed by atoms with Gasteiger partial charge in [-0.3, -0.25) is 14.3 Å². The Morgan fingerprint density at radius 2 is 1.55 bits per heavy atom. The molecule has 40 heavy (non-hydrogen) atoms. The predicted octanol–water partition coefficient (Wildman–Crippen LogP) is 4.51. The maximum absolute atomic E-state index is 13.2. The normalized spacial score (nSPS) is 12.3. The van der Waals surface area contributed by atoms with Crippen LogP contribution >= 0.6 is 0 Å². The van der Waals surface area contributed by atoms with E-state index in [1.165, 1.54) is 0 Å². The summed E-state index contributed by atoms with van der Waals surface area (Å²) in [4.78, 5) is 33.6. The van der Waals surface area contributed by atoms with Crippen LogP contribution in [0.1, 0.15) is 49.7 Å². The van der Waals surface area contributed by atoms with E-state index in [1.54, 1.807) is 4.57 Å². The molecule has 10 nitrogen and oxygen atoms in total. The molecule has 10 heteroatoms. The zero-order valence-electron chi connectivity index (χ0n) is 22.4. The molecule has 0 aliphatic rings. The molecule has 1 unspecified atom stereocenters. The third-order valence-corrected chi connectivity index (χ3v) is 7.17. The van der Waals surface area contributed by atoms with Crippen LogP contribution in [0.5, 0.6) is 0 Å². The summed E-state index contributed by atoms with van der Waals surface area (Å²) < 4.78 is 3.50. The fraction of sp³-hybridized carbons (Fsp3) is 0.200. The van der Waals surface area contributed by atoms with Crippen LogP contribution in [0.2, 0.25) is 0 Å². The Morgan fingerprint density at radius 3 is 2.23 bits per heavy atom. The first-order chi connectivity index (χ1) is 19.4. The fourth-order valence-corrected chi connectivity index (χ4v) is 5.18. The summed E-state index contributed by atoms with van der Waals surface area (Å²) in [5.41, 5.74) is 4.68. The van der Waals surface area contributed by atoms with Crippen LogP contribution < -0.4 is 11.2 Å². The van der Waals surface area contributed by atoms with Crippen molar-refractivity contribution < 1.29 is 0 Å². The van der Waals surface area contributed by atoms with E-state index in [1.807, 2.05) is 104 Å². The van der Waals surface area contributed by atoms with Crippen molar-refractivity contribution in [1.29, 1.82) is 0 Å². The Morgan fingerprint density at radius 1 is 0.850 bits per heavy atom. The van der Waals surface area contributed by atoms with Gasteiger partial charge in [0.2, 0.25) is 5.82 Å². The van der Waals surface area contributed by atoms with Crippen molar-refractivity contribution >= 4 is 11.2 Å². The number of benzene rings is 3. The minimum absolute atomic E-state index is 0.0310. The van der Waals surface area contributed by atoms with Gasteiger partial charge in [-0.25, -0.2) is 9.78 Å². The van der Waals surface area contributed by atoms with Gasteiger partial charge in [0.1, 0.15) is 5.82 Å². The monoisotopic (exact) mass is 532 g/mol. The number of imidazole rings is 1. The second-order valence-electron chi connectivity index (χ2n) is 10.1. The number of aromatic nitrogens is 8. The quantitative estimate of drug-likeness (QED) is 0.311. The molecular formula is C30H28N8O2. The molecule has 2 N–H and O–H groups in total.